The SMILES string of the molecule is CCc1nn(C)c(CN2CCCCC2CC(C)=O)c1Br. The Morgan fingerprint density at radius 3 is 2.80 bits per heavy atom. The van der Waals surface area contributed by atoms with E-state index in [0.29, 0.717) is 18.2 Å². The number of ketones is 1. The van der Waals surface area contributed by atoms with Crippen molar-refractivity contribution in [3.05, 3.63) is 15.9 Å². The lowest BCUT2D eigenvalue weighted by Gasteiger charge is -2.35. The lowest BCUT2D eigenvalue weighted by atomic mass is 9.97. The number of hydrogen-bond donors (Lipinski definition) is 0. The standard InChI is InChI=1S/C15H24BrN3O/c1-4-13-15(16)14(18(3)17-13)10-19-8-6-5-7-12(19)9-11(2)20/h12H,4-10H2,1-3H3. The van der Waals surface area contributed by atoms with Crippen LogP contribution in [0.4, 0.5) is 0 Å². The van der Waals surface area contributed by atoms with Crippen LogP contribution in [0, 0.1) is 0 Å². The Bertz CT molecular complexity index is 484. The van der Waals surface area contributed by atoms with Crippen molar-refractivity contribution in [3.8, 4) is 0 Å². The molecule has 1 aromatic rings. The van der Waals surface area contributed by atoms with Crippen molar-refractivity contribution in [1.82, 2.24) is 14.7 Å². The summed E-state index contributed by atoms with van der Waals surface area (Å²) in [7, 11) is 2.00. The van der Waals surface area contributed by atoms with Gasteiger partial charge in [0.15, 0.2) is 0 Å². The van der Waals surface area contributed by atoms with Crippen molar-refractivity contribution in [1.29, 1.82) is 0 Å². The van der Waals surface area contributed by atoms with Gasteiger partial charge in [-0.3, -0.25) is 14.4 Å². The smallest absolute Gasteiger partial charge is 0.131 e. The zero-order chi connectivity index (χ0) is 14.7. The number of nitrogens with zero attached hydrogens (tertiary/aromatic N) is 3. The van der Waals surface area contributed by atoms with E-state index >= 15 is 0 Å². The van der Waals surface area contributed by atoms with Crippen LogP contribution in [0.25, 0.3) is 0 Å². The Balaban J connectivity index is 2.14. The second-order valence-corrected chi connectivity index (χ2v) is 6.50. The molecule has 0 spiro atoms. The monoisotopic (exact) mass is 341 g/mol. The maximum absolute atomic E-state index is 11.4. The average Bonchev–Trinajstić information content (AvgIpc) is 2.67. The maximum atomic E-state index is 11.4. The molecule has 2 rings (SSSR count). The van der Waals surface area contributed by atoms with Gasteiger partial charge in [-0.25, -0.2) is 0 Å². The largest absolute Gasteiger partial charge is 0.300 e. The second kappa shape index (κ2) is 6.85. The molecule has 0 amide bonds. The molecule has 0 aliphatic carbocycles. The molecular formula is C15H24BrN3O. The highest BCUT2D eigenvalue weighted by Crippen LogP contribution is 2.27. The van der Waals surface area contributed by atoms with Crippen LogP contribution in [0.15, 0.2) is 4.47 Å². The number of aromatic nitrogens is 2. The molecule has 0 bridgehead atoms. The summed E-state index contributed by atoms with van der Waals surface area (Å²) < 4.78 is 3.11. The van der Waals surface area contributed by atoms with Gasteiger partial charge in [-0.1, -0.05) is 13.3 Å². The minimum absolute atomic E-state index is 0.292. The van der Waals surface area contributed by atoms with E-state index in [1.54, 1.807) is 6.92 Å². The summed E-state index contributed by atoms with van der Waals surface area (Å²) in [5.74, 6) is 0.292. The summed E-state index contributed by atoms with van der Waals surface area (Å²) in [4.78, 5) is 13.9. The van der Waals surface area contributed by atoms with E-state index in [-0.39, 0.29) is 0 Å². The van der Waals surface area contributed by atoms with Crippen LogP contribution in [-0.2, 0) is 24.8 Å². The van der Waals surface area contributed by atoms with Crippen LogP contribution in [0.1, 0.15) is 50.9 Å². The average molecular weight is 342 g/mol. The first kappa shape index (κ1) is 15.7. The Labute approximate surface area is 129 Å². The van der Waals surface area contributed by atoms with Crippen molar-refractivity contribution in [2.45, 2.75) is 58.5 Å². The number of aryl methyl sites for hydroxylation is 2. The van der Waals surface area contributed by atoms with Crippen LogP contribution >= 0.6 is 15.9 Å². The molecule has 0 radical (unpaired) electrons. The second-order valence-electron chi connectivity index (χ2n) is 5.71. The molecule has 1 aliphatic rings. The third-order valence-corrected chi connectivity index (χ3v) is 5.04. The molecule has 1 fully saturated rings. The number of carbonyl (C=O) groups excluding carboxylic acids is 1. The first-order valence-corrected chi connectivity index (χ1v) is 8.26. The molecule has 5 heteroatoms. The van der Waals surface area contributed by atoms with Crippen LogP contribution in [0.3, 0.4) is 0 Å². The third kappa shape index (κ3) is 3.50. The number of rotatable bonds is 5. The molecular weight excluding hydrogens is 318 g/mol. The summed E-state index contributed by atoms with van der Waals surface area (Å²) in [6.07, 6.45) is 5.21. The first-order chi connectivity index (χ1) is 9.52. The number of carbonyl (C=O) groups is 1. The summed E-state index contributed by atoms with van der Waals surface area (Å²) in [6, 6.07) is 0.396. The van der Waals surface area contributed by atoms with Gasteiger partial charge in [-0.2, -0.15) is 5.10 Å². The first-order valence-electron chi connectivity index (χ1n) is 7.46. The van der Waals surface area contributed by atoms with Gasteiger partial charge in [0.25, 0.3) is 0 Å². The van der Waals surface area contributed by atoms with Crippen LogP contribution in [0.2, 0.25) is 0 Å². The summed E-state index contributed by atoms with van der Waals surface area (Å²) in [6.45, 7) is 5.78. The number of piperidine rings is 1. The molecule has 0 aromatic carbocycles. The molecule has 1 atom stereocenters. The van der Waals surface area contributed by atoms with E-state index in [1.807, 2.05) is 11.7 Å². The quantitative estimate of drug-likeness (QED) is 0.825. The van der Waals surface area contributed by atoms with E-state index in [1.165, 1.54) is 18.5 Å². The van der Waals surface area contributed by atoms with E-state index < -0.39 is 0 Å². The van der Waals surface area contributed by atoms with Crippen LogP contribution < -0.4 is 0 Å². The molecule has 2 heterocycles. The Kier molecular flexibility index (Phi) is 5.38. The van der Waals surface area contributed by atoms with E-state index in [0.717, 1.165) is 36.1 Å². The molecule has 0 saturated carbocycles. The van der Waals surface area contributed by atoms with Crippen molar-refractivity contribution in [2.24, 2.45) is 7.05 Å². The Hall–Kier alpha value is -0.680. The molecule has 1 unspecified atom stereocenters. The third-order valence-electron chi connectivity index (χ3n) is 4.13. The highest BCUT2D eigenvalue weighted by atomic mass is 79.9. The summed E-state index contributed by atoms with van der Waals surface area (Å²) in [5, 5.41) is 4.56. The lowest BCUT2D eigenvalue weighted by Crippen LogP contribution is -2.40. The fraction of sp³-hybridized carbons (Fsp3) is 0.733. The molecule has 1 aliphatic heterocycles. The zero-order valence-corrected chi connectivity index (χ0v) is 14.2. The van der Waals surface area contributed by atoms with Crippen LogP contribution in [-0.4, -0.2) is 33.1 Å². The number of hydrogen-bond acceptors (Lipinski definition) is 3. The van der Waals surface area contributed by atoms with Crippen molar-refractivity contribution >= 4 is 21.7 Å². The maximum Gasteiger partial charge on any atom is 0.131 e. The molecule has 4 nitrogen and oxygen atoms in total. The van der Waals surface area contributed by atoms with Gasteiger partial charge in [-0.05, 0) is 48.7 Å². The minimum atomic E-state index is 0.292. The lowest BCUT2D eigenvalue weighted by molar-refractivity contribution is -0.118. The molecule has 0 N–H and O–H groups in total. The summed E-state index contributed by atoms with van der Waals surface area (Å²) >= 11 is 3.68. The van der Waals surface area contributed by atoms with Gasteiger partial charge >= 0.3 is 0 Å². The van der Waals surface area contributed by atoms with Gasteiger partial charge in [0.1, 0.15) is 5.78 Å². The van der Waals surface area contributed by atoms with Gasteiger partial charge in [0, 0.05) is 26.1 Å². The fourth-order valence-corrected chi connectivity index (χ4v) is 3.76. The number of halogens is 1. The minimum Gasteiger partial charge on any atom is -0.300 e. The zero-order valence-electron chi connectivity index (χ0n) is 12.7. The highest BCUT2D eigenvalue weighted by Gasteiger charge is 2.25. The molecule has 1 aromatic heterocycles. The van der Waals surface area contributed by atoms with E-state index in [9.17, 15) is 4.79 Å². The molecule has 1 saturated heterocycles. The molecule has 20 heavy (non-hydrogen) atoms. The van der Waals surface area contributed by atoms with Crippen molar-refractivity contribution in [2.75, 3.05) is 6.54 Å². The fourth-order valence-electron chi connectivity index (χ4n) is 3.02. The highest BCUT2D eigenvalue weighted by molar-refractivity contribution is 9.10. The van der Waals surface area contributed by atoms with Gasteiger partial charge in [0.05, 0.1) is 15.9 Å². The van der Waals surface area contributed by atoms with Gasteiger partial charge in [-0.15, -0.1) is 0 Å². The topological polar surface area (TPSA) is 38.1 Å². The number of likely N-dealkylation sites (tertiary alicyclic amines) is 1. The molecule has 112 valence electrons. The van der Waals surface area contributed by atoms with Crippen LogP contribution in [0.5, 0.6) is 0 Å². The Morgan fingerprint density at radius 2 is 2.20 bits per heavy atom. The van der Waals surface area contributed by atoms with Crippen molar-refractivity contribution < 1.29 is 4.79 Å². The number of Topliss-reactive ketones (excluding diaryl/α,β-unsaturated/α-hetero) is 1. The van der Waals surface area contributed by atoms with Gasteiger partial charge in [0.2, 0.25) is 0 Å². The van der Waals surface area contributed by atoms with Crippen molar-refractivity contribution in [3.63, 3.8) is 0 Å². The van der Waals surface area contributed by atoms with E-state index in [4.69, 9.17) is 0 Å². The Morgan fingerprint density at radius 1 is 1.45 bits per heavy atom. The predicted octanol–water partition coefficient (Wildman–Crippen LogP) is 3.08. The van der Waals surface area contributed by atoms with E-state index in [2.05, 4.69) is 32.9 Å². The predicted molar refractivity (Wildman–Crippen MR) is 83.6 cm³/mol. The van der Waals surface area contributed by atoms with Gasteiger partial charge < -0.3 is 0 Å². The summed E-state index contributed by atoms with van der Waals surface area (Å²) in [5.41, 5.74) is 2.33. The normalized spacial score (nSPS) is 20.3.